The van der Waals surface area contributed by atoms with Gasteiger partial charge in [-0.3, -0.25) is 4.79 Å². The molecule has 6 nitrogen and oxygen atoms in total. The van der Waals surface area contributed by atoms with Gasteiger partial charge in [0.2, 0.25) is 0 Å². The Kier molecular flexibility index (Phi) is 6.68. The number of rotatable bonds is 7. The zero-order valence-electron chi connectivity index (χ0n) is 18.7. The number of aromatic nitrogens is 1. The third-order valence-electron chi connectivity index (χ3n) is 4.60. The molecule has 0 saturated carbocycles. The Morgan fingerprint density at radius 1 is 1.03 bits per heavy atom. The van der Waals surface area contributed by atoms with Crippen molar-refractivity contribution < 1.29 is 23.8 Å². The van der Waals surface area contributed by atoms with Crippen LogP contribution in [-0.2, 0) is 20.8 Å². The van der Waals surface area contributed by atoms with Gasteiger partial charge in [-0.15, -0.1) is 0 Å². The first-order valence-corrected chi connectivity index (χ1v) is 10.3. The highest BCUT2D eigenvalue weighted by atomic mass is 16.6. The molecule has 3 aromatic rings. The predicted octanol–water partition coefficient (Wildman–Crippen LogP) is 4.92. The topological polar surface area (TPSA) is 66.8 Å². The Balaban J connectivity index is 1.84. The van der Waals surface area contributed by atoms with Gasteiger partial charge >= 0.3 is 11.9 Å². The number of esters is 2. The van der Waals surface area contributed by atoms with Crippen molar-refractivity contribution in [2.45, 2.75) is 52.9 Å². The SMILES string of the molecule is CC(=O)OC(COc1ccc(C)cc1)Cn1cc(C(=O)OC(C)(C)C)c2ccccc21. The minimum absolute atomic E-state index is 0.191. The third-order valence-corrected chi connectivity index (χ3v) is 4.60. The van der Waals surface area contributed by atoms with Gasteiger partial charge < -0.3 is 18.8 Å². The van der Waals surface area contributed by atoms with Crippen LogP contribution >= 0.6 is 0 Å². The second kappa shape index (κ2) is 9.25. The molecule has 1 atom stereocenters. The summed E-state index contributed by atoms with van der Waals surface area (Å²) in [4.78, 5) is 24.4. The molecule has 0 fully saturated rings. The molecule has 3 rings (SSSR count). The van der Waals surface area contributed by atoms with E-state index < -0.39 is 11.7 Å². The number of hydrogen-bond donors (Lipinski definition) is 0. The van der Waals surface area contributed by atoms with E-state index in [4.69, 9.17) is 14.2 Å². The molecule has 1 heterocycles. The van der Waals surface area contributed by atoms with E-state index in [-0.39, 0.29) is 18.5 Å². The number of carbonyl (C=O) groups excluding carboxylic acids is 2. The van der Waals surface area contributed by atoms with Crippen LogP contribution in [0.5, 0.6) is 5.75 Å². The van der Waals surface area contributed by atoms with Crippen LogP contribution in [-0.4, -0.2) is 34.8 Å². The van der Waals surface area contributed by atoms with Crippen LogP contribution in [0.25, 0.3) is 10.9 Å². The molecule has 0 bridgehead atoms. The van der Waals surface area contributed by atoms with Crippen LogP contribution in [0.3, 0.4) is 0 Å². The van der Waals surface area contributed by atoms with Crippen LogP contribution in [0.2, 0.25) is 0 Å². The molecule has 0 amide bonds. The third kappa shape index (κ3) is 6.10. The van der Waals surface area contributed by atoms with E-state index in [2.05, 4.69) is 0 Å². The van der Waals surface area contributed by atoms with E-state index in [1.165, 1.54) is 6.92 Å². The molecule has 0 aliphatic rings. The van der Waals surface area contributed by atoms with Crippen LogP contribution in [0.4, 0.5) is 0 Å². The molecule has 164 valence electrons. The summed E-state index contributed by atoms with van der Waals surface area (Å²) in [7, 11) is 0. The lowest BCUT2D eigenvalue weighted by atomic mass is 10.1. The number of carbonyl (C=O) groups is 2. The van der Waals surface area contributed by atoms with E-state index in [0.717, 1.165) is 16.5 Å². The highest BCUT2D eigenvalue weighted by molar-refractivity contribution is 6.04. The fourth-order valence-electron chi connectivity index (χ4n) is 3.30. The molecular weight excluding hydrogens is 394 g/mol. The maximum atomic E-state index is 12.7. The number of hydrogen-bond acceptors (Lipinski definition) is 5. The quantitative estimate of drug-likeness (QED) is 0.505. The van der Waals surface area contributed by atoms with Crippen molar-refractivity contribution in [1.82, 2.24) is 4.57 Å². The minimum atomic E-state index is -0.595. The Morgan fingerprint density at radius 3 is 2.35 bits per heavy atom. The van der Waals surface area contributed by atoms with Crippen molar-refractivity contribution >= 4 is 22.8 Å². The van der Waals surface area contributed by atoms with Gasteiger partial charge in [-0.25, -0.2) is 4.79 Å². The Bertz CT molecular complexity index is 1060. The Morgan fingerprint density at radius 2 is 1.71 bits per heavy atom. The first kappa shape index (κ1) is 22.4. The summed E-state index contributed by atoms with van der Waals surface area (Å²) >= 11 is 0. The van der Waals surface area contributed by atoms with E-state index in [0.29, 0.717) is 17.9 Å². The summed E-state index contributed by atoms with van der Waals surface area (Å²) < 4.78 is 18.8. The summed E-state index contributed by atoms with van der Waals surface area (Å²) in [5.41, 5.74) is 1.88. The van der Waals surface area contributed by atoms with Gasteiger partial charge in [0.1, 0.15) is 18.0 Å². The van der Waals surface area contributed by atoms with Crippen LogP contribution in [0.15, 0.2) is 54.7 Å². The van der Waals surface area contributed by atoms with Crippen molar-refractivity contribution in [3.05, 3.63) is 65.9 Å². The van der Waals surface area contributed by atoms with Crippen molar-refractivity contribution in [1.29, 1.82) is 0 Å². The fourth-order valence-corrected chi connectivity index (χ4v) is 3.30. The highest BCUT2D eigenvalue weighted by Gasteiger charge is 2.23. The summed E-state index contributed by atoms with van der Waals surface area (Å²) in [5.74, 6) is -0.0710. The molecule has 0 saturated heterocycles. The fraction of sp³-hybridized carbons (Fsp3) is 0.360. The van der Waals surface area contributed by atoms with Crippen molar-refractivity contribution in [3.63, 3.8) is 0 Å². The van der Waals surface area contributed by atoms with Crippen molar-refractivity contribution in [2.24, 2.45) is 0 Å². The zero-order chi connectivity index (χ0) is 22.6. The van der Waals surface area contributed by atoms with Gasteiger partial charge in [-0.05, 0) is 45.9 Å². The van der Waals surface area contributed by atoms with Gasteiger partial charge in [0.05, 0.1) is 12.1 Å². The average Bonchev–Trinajstić information content (AvgIpc) is 3.04. The Labute approximate surface area is 182 Å². The number of nitrogens with zero attached hydrogens (tertiary/aromatic N) is 1. The maximum absolute atomic E-state index is 12.7. The molecule has 31 heavy (non-hydrogen) atoms. The average molecular weight is 424 g/mol. The van der Waals surface area contributed by atoms with E-state index >= 15 is 0 Å². The molecule has 0 radical (unpaired) electrons. The minimum Gasteiger partial charge on any atom is -0.490 e. The van der Waals surface area contributed by atoms with Crippen molar-refractivity contribution in [2.75, 3.05) is 6.61 Å². The monoisotopic (exact) mass is 423 g/mol. The summed E-state index contributed by atoms with van der Waals surface area (Å²) in [6.07, 6.45) is 1.22. The first-order chi connectivity index (χ1) is 14.6. The predicted molar refractivity (Wildman–Crippen MR) is 119 cm³/mol. The van der Waals surface area contributed by atoms with Gasteiger partial charge in [0.15, 0.2) is 6.10 Å². The molecule has 0 N–H and O–H groups in total. The number of fused-ring (bicyclic) bond motifs is 1. The van der Waals surface area contributed by atoms with Crippen LogP contribution < -0.4 is 4.74 Å². The lowest BCUT2D eigenvalue weighted by molar-refractivity contribution is -0.148. The molecule has 1 aromatic heterocycles. The first-order valence-electron chi connectivity index (χ1n) is 10.3. The van der Waals surface area contributed by atoms with E-state index in [1.807, 2.05) is 80.8 Å². The number of ether oxygens (including phenoxy) is 3. The lowest BCUT2D eigenvalue weighted by Gasteiger charge is -2.19. The normalized spacial score (nSPS) is 12.4. The molecule has 6 heteroatoms. The Hall–Kier alpha value is -3.28. The molecular formula is C25H29NO5. The number of para-hydroxylation sites is 1. The smallest absolute Gasteiger partial charge is 0.340 e. The number of aryl methyl sites for hydroxylation is 1. The summed E-state index contributed by atoms with van der Waals surface area (Å²) in [6.45, 7) is 9.42. The second-order valence-corrected chi connectivity index (χ2v) is 8.57. The van der Waals surface area contributed by atoms with Gasteiger partial charge in [0, 0.05) is 24.0 Å². The largest absolute Gasteiger partial charge is 0.490 e. The molecule has 0 spiro atoms. The summed E-state index contributed by atoms with van der Waals surface area (Å²) in [6, 6.07) is 15.3. The van der Waals surface area contributed by atoms with Crippen LogP contribution in [0, 0.1) is 6.92 Å². The molecule has 0 aliphatic heterocycles. The van der Waals surface area contributed by atoms with Gasteiger partial charge in [0.25, 0.3) is 0 Å². The standard InChI is InChI=1S/C25H29NO5/c1-17-10-12-19(13-11-17)29-16-20(30-18(2)27)14-26-15-22(24(28)31-25(3,4)5)21-8-6-7-9-23(21)26/h6-13,15,20H,14,16H2,1-5H3. The molecule has 2 aromatic carbocycles. The van der Waals surface area contributed by atoms with Crippen LogP contribution in [0.1, 0.15) is 43.6 Å². The summed E-state index contributed by atoms with van der Waals surface area (Å²) in [5, 5.41) is 0.790. The zero-order valence-corrected chi connectivity index (χ0v) is 18.7. The van der Waals surface area contributed by atoms with Crippen molar-refractivity contribution in [3.8, 4) is 5.75 Å². The maximum Gasteiger partial charge on any atom is 0.340 e. The lowest BCUT2D eigenvalue weighted by Crippen LogP contribution is -2.28. The number of benzene rings is 2. The van der Waals surface area contributed by atoms with E-state index in [9.17, 15) is 9.59 Å². The molecule has 1 unspecified atom stereocenters. The second-order valence-electron chi connectivity index (χ2n) is 8.57. The highest BCUT2D eigenvalue weighted by Crippen LogP contribution is 2.25. The van der Waals surface area contributed by atoms with Gasteiger partial charge in [-0.1, -0.05) is 35.9 Å². The van der Waals surface area contributed by atoms with E-state index in [1.54, 1.807) is 6.20 Å². The van der Waals surface area contributed by atoms with Gasteiger partial charge in [-0.2, -0.15) is 0 Å². The molecule has 0 aliphatic carbocycles.